The fourth-order valence-corrected chi connectivity index (χ4v) is 6.45. The topological polar surface area (TPSA) is 124 Å². The zero-order valence-corrected chi connectivity index (χ0v) is 22.8. The van der Waals surface area contributed by atoms with E-state index in [1.807, 2.05) is 0 Å². The zero-order chi connectivity index (χ0) is 26.5. The zero-order valence-electron chi connectivity index (χ0n) is 21.8. The van der Waals surface area contributed by atoms with E-state index >= 15 is 0 Å². The Balaban J connectivity index is 2.24. The predicted molar refractivity (Wildman–Crippen MR) is 124 cm³/mol. The Hall–Kier alpha value is -2.40. The number of hydrogen-bond acceptors (Lipinski definition) is 10. The molecule has 196 valence electrons. The summed E-state index contributed by atoms with van der Waals surface area (Å²) in [5.41, 5.74) is 0.617. The van der Waals surface area contributed by atoms with Crippen molar-refractivity contribution in [3.63, 3.8) is 0 Å². The SMILES string of the molecule is COC(=O)C1CC(O[Si](C)(C)C(C)(C)C)=C2[C@H]3O[C@H]([C@@H](C(=O)OC)[C@H]3C(=O)OC)[C@H]2C1C(=O)OC. The van der Waals surface area contributed by atoms with Crippen LogP contribution in [0.3, 0.4) is 0 Å². The molecule has 0 saturated carbocycles. The minimum absolute atomic E-state index is 0.0914. The fourth-order valence-electron chi connectivity index (χ4n) is 5.32. The van der Waals surface area contributed by atoms with E-state index in [0.717, 1.165) is 0 Å². The van der Waals surface area contributed by atoms with Gasteiger partial charge in [-0.1, -0.05) is 20.8 Å². The molecule has 2 bridgehead atoms. The van der Waals surface area contributed by atoms with Crippen LogP contribution in [-0.2, 0) is 47.3 Å². The van der Waals surface area contributed by atoms with Crippen molar-refractivity contribution in [2.75, 3.05) is 28.4 Å². The second kappa shape index (κ2) is 9.57. The number of ether oxygens (including phenoxy) is 5. The third-order valence-electron chi connectivity index (χ3n) is 8.05. The third kappa shape index (κ3) is 4.37. The molecule has 7 atom stereocenters. The van der Waals surface area contributed by atoms with Gasteiger partial charge in [0, 0.05) is 17.9 Å². The minimum atomic E-state index is -2.40. The molecule has 10 nitrogen and oxygen atoms in total. The van der Waals surface area contributed by atoms with Gasteiger partial charge in [0.15, 0.2) is 0 Å². The highest BCUT2D eigenvalue weighted by Gasteiger charge is 2.68. The molecule has 2 saturated heterocycles. The molecule has 11 heteroatoms. The van der Waals surface area contributed by atoms with Crippen LogP contribution in [0, 0.1) is 29.6 Å². The molecule has 2 heterocycles. The summed E-state index contributed by atoms with van der Waals surface area (Å²) in [4.78, 5) is 51.6. The second-order valence-electron chi connectivity index (χ2n) is 10.8. The normalized spacial score (nSPS) is 32.0. The Bertz CT molecular complexity index is 933. The predicted octanol–water partition coefficient (Wildman–Crippen LogP) is 2.22. The molecule has 35 heavy (non-hydrogen) atoms. The van der Waals surface area contributed by atoms with Crippen molar-refractivity contribution in [2.45, 2.75) is 57.5 Å². The summed E-state index contributed by atoms with van der Waals surface area (Å²) >= 11 is 0. The van der Waals surface area contributed by atoms with Crippen molar-refractivity contribution in [2.24, 2.45) is 29.6 Å². The molecule has 0 aromatic carbocycles. The maximum atomic E-state index is 13.0. The van der Waals surface area contributed by atoms with E-state index in [2.05, 4.69) is 33.9 Å². The molecule has 1 aliphatic carbocycles. The van der Waals surface area contributed by atoms with Gasteiger partial charge in [0.1, 0.15) is 5.92 Å². The first-order valence-electron chi connectivity index (χ1n) is 11.6. The number of methoxy groups -OCH3 is 4. The molecular formula is C24H36O10Si. The number of hydrogen-bond donors (Lipinski definition) is 0. The number of fused-ring (bicyclic) bond motifs is 5. The molecule has 3 rings (SSSR count). The first kappa shape index (κ1) is 27.2. The molecule has 0 aromatic rings. The average Bonchev–Trinajstić information content (AvgIpc) is 3.38. The molecule has 0 amide bonds. The summed E-state index contributed by atoms with van der Waals surface area (Å²) in [7, 11) is 2.56. The van der Waals surface area contributed by atoms with Crippen LogP contribution in [0.15, 0.2) is 11.3 Å². The van der Waals surface area contributed by atoms with Gasteiger partial charge in [0.05, 0.1) is 64.2 Å². The number of esters is 4. The molecular weight excluding hydrogens is 476 g/mol. The van der Waals surface area contributed by atoms with Gasteiger partial charge in [-0.15, -0.1) is 0 Å². The fraction of sp³-hybridized carbons (Fsp3) is 0.750. The van der Waals surface area contributed by atoms with E-state index < -0.39 is 74.0 Å². The van der Waals surface area contributed by atoms with E-state index in [1.165, 1.54) is 28.4 Å². The standard InChI is InChI=1S/C24H36O10Si/c1-24(2,3)35(8,9)34-12-10-11(20(25)29-4)13(21(26)30-5)15-14(12)18-16(22(27)31-6)17(19(15)33-18)23(28)32-7/h11,13,15-19H,10H2,1-9H3/t11?,13?,15-,16+,17-,18+,19-/m0/s1. The van der Waals surface area contributed by atoms with Crippen molar-refractivity contribution in [3.05, 3.63) is 11.3 Å². The lowest BCUT2D eigenvalue weighted by Crippen LogP contribution is -2.53. The maximum Gasteiger partial charge on any atom is 0.312 e. The van der Waals surface area contributed by atoms with Gasteiger partial charge in [0.2, 0.25) is 8.32 Å². The largest absolute Gasteiger partial charge is 0.546 e. The molecule has 2 fully saturated rings. The summed E-state index contributed by atoms with van der Waals surface area (Å²) in [6, 6.07) is 0. The van der Waals surface area contributed by atoms with Crippen molar-refractivity contribution in [1.82, 2.24) is 0 Å². The number of carbonyl (C=O) groups excluding carboxylic acids is 4. The summed E-state index contributed by atoms with van der Waals surface area (Å²) in [5.74, 6) is -6.54. The van der Waals surface area contributed by atoms with Gasteiger partial charge in [0.25, 0.3) is 0 Å². The first-order valence-corrected chi connectivity index (χ1v) is 14.5. The van der Waals surface area contributed by atoms with Gasteiger partial charge < -0.3 is 28.1 Å². The van der Waals surface area contributed by atoms with Crippen LogP contribution in [0.2, 0.25) is 18.1 Å². The van der Waals surface area contributed by atoms with Gasteiger partial charge in [-0.3, -0.25) is 19.2 Å². The van der Waals surface area contributed by atoms with Crippen molar-refractivity contribution < 1.29 is 47.3 Å². The molecule has 0 spiro atoms. The monoisotopic (exact) mass is 512 g/mol. The van der Waals surface area contributed by atoms with Crippen molar-refractivity contribution in [1.29, 1.82) is 0 Å². The van der Waals surface area contributed by atoms with E-state index in [4.69, 9.17) is 28.1 Å². The molecule has 2 aliphatic heterocycles. The van der Waals surface area contributed by atoms with E-state index in [1.54, 1.807) is 0 Å². The van der Waals surface area contributed by atoms with E-state index in [9.17, 15) is 19.2 Å². The summed E-state index contributed by atoms with van der Waals surface area (Å²) < 4.78 is 33.0. The van der Waals surface area contributed by atoms with Crippen LogP contribution >= 0.6 is 0 Å². The molecule has 0 aromatic heterocycles. The van der Waals surface area contributed by atoms with Gasteiger partial charge in [-0.25, -0.2) is 0 Å². The van der Waals surface area contributed by atoms with Gasteiger partial charge in [-0.05, 0) is 18.1 Å². The Morgan fingerprint density at radius 1 is 0.800 bits per heavy atom. The highest BCUT2D eigenvalue weighted by molar-refractivity contribution is 6.74. The Labute approximate surface area is 206 Å². The second-order valence-corrected chi connectivity index (χ2v) is 15.5. The molecule has 2 unspecified atom stereocenters. The first-order chi connectivity index (χ1) is 16.2. The highest BCUT2D eigenvalue weighted by Crippen LogP contribution is 2.59. The highest BCUT2D eigenvalue weighted by atomic mass is 28.4. The summed E-state index contributed by atoms with van der Waals surface area (Å²) in [6.45, 7) is 10.4. The lowest BCUT2D eigenvalue weighted by molar-refractivity contribution is -0.164. The Kier molecular flexibility index (Phi) is 7.43. The minimum Gasteiger partial charge on any atom is -0.546 e. The van der Waals surface area contributed by atoms with Gasteiger partial charge >= 0.3 is 23.9 Å². The Morgan fingerprint density at radius 2 is 1.29 bits per heavy atom. The smallest absolute Gasteiger partial charge is 0.312 e. The average molecular weight is 513 g/mol. The van der Waals surface area contributed by atoms with Crippen LogP contribution in [0.25, 0.3) is 0 Å². The van der Waals surface area contributed by atoms with Crippen LogP contribution in [0.5, 0.6) is 0 Å². The summed E-state index contributed by atoms with van der Waals surface area (Å²) in [5, 5.41) is -0.162. The van der Waals surface area contributed by atoms with Gasteiger partial charge in [-0.2, -0.15) is 0 Å². The number of rotatable bonds is 6. The van der Waals surface area contributed by atoms with Crippen LogP contribution in [0.1, 0.15) is 27.2 Å². The number of allylic oxidation sites excluding steroid dienone is 1. The third-order valence-corrected chi connectivity index (χ3v) is 12.4. The lowest BCUT2D eigenvalue weighted by atomic mass is 9.60. The van der Waals surface area contributed by atoms with Crippen molar-refractivity contribution >= 4 is 32.2 Å². The van der Waals surface area contributed by atoms with Crippen LogP contribution in [0.4, 0.5) is 0 Å². The Morgan fingerprint density at radius 3 is 1.77 bits per heavy atom. The molecule has 0 N–H and O–H groups in total. The van der Waals surface area contributed by atoms with E-state index in [-0.39, 0.29) is 11.5 Å². The maximum absolute atomic E-state index is 13.0. The molecule has 3 aliphatic rings. The van der Waals surface area contributed by atoms with Crippen molar-refractivity contribution in [3.8, 4) is 0 Å². The van der Waals surface area contributed by atoms with Crippen LogP contribution in [-0.4, -0.2) is 72.8 Å². The molecule has 0 radical (unpaired) electrons. The number of carbonyl (C=O) groups is 4. The summed E-state index contributed by atoms with van der Waals surface area (Å²) in [6.07, 6.45) is -1.66. The van der Waals surface area contributed by atoms with Crippen LogP contribution < -0.4 is 0 Å². The quantitative estimate of drug-likeness (QED) is 0.297. The van der Waals surface area contributed by atoms with E-state index in [0.29, 0.717) is 11.3 Å². The lowest BCUT2D eigenvalue weighted by Gasteiger charge is -2.45.